The van der Waals surface area contributed by atoms with Crippen molar-refractivity contribution in [2.75, 3.05) is 0 Å². The lowest BCUT2D eigenvalue weighted by Gasteiger charge is -2.07. The van der Waals surface area contributed by atoms with E-state index in [1.54, 1.807) is 6.21 Å². The van der Waals surface area contributed by atoms with Crippen LogP contribution in [0.4, 0.5) is 0 Å². The molecule has 0 saturated carbocycles. The van der Waals surface area contributed by atoms with Crippen molar-refractivity contribution >= 4 is 33.7 Å². The highest BCUT2D eigenvalue weighted by Gasteiger charge is 2.05. The maximum Gasteiger partial charge on any atom is 0.236 e. The molecule has 4 nitrogen and oxygen atoms in total. The van der Waals surface area contributed by atoms with E-state index in [2.05, 4.69) is 40.4 Å². The Morgan fingerprint density at radius 3 is 2.00 bits per heavy atom. The molecule has 3 aromatic rings. The first-order valence-corrected chi connectivity index (χ1v) is 6.27. The second-order valence-corrected chi connectivity index (χ2v) is 4.48. The largest absolute Gasteiger partial charge is 0.367 e. The summed E-state index contributed by atoms with van der Waals surface area (Å²) in [5.74, 6) is 5.17. The second kappa shape index (κ2) is 5.01. The van der Waals surface area contributed by atoms with Crippen LogP contribution in [0.5, 0.6) is 0 Å². The molecule has 98 valence electrons. The minimum absolute atomic E-state index is 0.0574. The zero-order chi connectivity index (χ0) is 13.9. The van der Waals surface area contributed by atoms with Crippen molar-refractivity contribution in [2.24, 2.45) is 21.7 Å². The molecule has 3 aromatic carbocycles. The predicted molar refractivity (Wildman–Crippen MR) is 84.9 cm³/mol. The van der Waals surface area contributed by atoms with Crippen LogP contribution in [-0.4, -0.2) is 12.2 Å². The molecule has 0 amide bonds. The quantitative estimate of drug-likeness (QED) is 0.232. The molecule has 4 N–H and O–H groups in total. The summed E-state index contributed by atoms with van der Waals surface area (Å²) in [6.07, 6.45) is 1.72. The lowest BCUT2D eigenvalue weighted by atomic mass is 9.97. The van der Waals surface area contributed by atoms with Crippen LogP contribution in [0.2, 0.25) is 0 Å². The van der Waals surface area contributed by atoms with Gasteiger partial charge in [-0.3, -0.25) is 0 Å². The average molecular weight is 262 g/mol. The van der Waals surface area contributed by atoms with Crippen LogP contribution < -0.4 is 11.6 Å². The minimum Gasteiger partial charge on any atom is -0.367 e. The first kappa shape index (κ1) is 12.2. The number of hydrazone groups is 1. The number of hydrogen-bond acceptors (Lipinski definition) is 2. The summed E-state index contributed by atoms with van der Waals surface area (Å²) in [6.45, 7) is 0. The van der Waals surface area contributed by atoms with Gasteiger partial charge in [0.25, 0.3) is 0 Å². The first-order valence-electron chi connectivity index (χ1n) is 6.27. The van der Waals surface area contributed by atoms with Crippen molar-refractivity contribution < 1.29 is 0 Å². The van der Waals surface area contributed by atoms with Crippen LogP contribution in [0, 0.1) is 0 Å². The average Bonchev–Trinajstić information content (AvgIpc) is 2.51. The van der Waals surface area contributed by atoms with Gasteiger partial charge in [0.05, 0.1) is 0 Å². The third kappa shape index (κ3) is 2.07. The summed E-state index contributed by atoms with van der Waals surface area (Å²) >= 11 is 0. The number of nitrogens with zero attached hydrogens (tertiary/aromatic N) is 2. The summed E-state index contributed by atoms with van der Waals surface area (Å²) < 4.78 is 0. The van der Waals surface area contributed by atoms with Crippen LogP contribution >= 0.6 is 0 Å². The first-order chi connectivity index (χ1) is 9.79. The Kier molecular flexibility index (Phi) is 3.05. The molecule has 0 aliphatic rings. The van der Waals surface area contributed by atoms with Crippen LogP contribution in [0.25, 0.3) is 21.5 Å². The van der Waals surface area contributed by atoms with Crippen LogP contribution in [0.15, 0.2) is 64.7 Å². The Hall–Kier alpha value is -2.88. The van der Waals surface area contributed by atoms with E-state index < -0.39 is 0 Å². The Morgan fingerprint density at radius 1 is 0.900 bits per heavy atom. The molecule has 0 aliphatic heterocycles. The smallest absolute Gasteiger partial charge is 0.236 e. The van der Waals surface area contributed by atoms with E-state index in [0.29, 0.717) is 0 Å². The van der Waals surface area contributed by atoms with Gasteiger partial charge in [0.15, 0.2) is 0 Å². The number of aliphatic imine (C=N–C) groups is 1. The Bertz CT molecular complexity index is 780. The number of guanidine groups is 1. The Balaban J connectivity index is 2.36. The summed E-state index contributed by atoms with van der Waals surface area (Å²) in [5, 5.41) is 7.94. The number of nitrogens with two attached hydrogens (primary N) is 2. The van der Waals surface area contributed by atoms with E-state index >= 15 is 0 Å². The summed E-state index contributed by atoms with van der Waals surface area (Å²) in [6, 6.07) is 18.5. The van der Waals surface area contributed by atoms with Crippen molar-refractivity contribution in [1.82, 2.24) is 0 Å². The van der Waals surface area contributed by atoms with Gasteiger partial charge in [-0.25, -0.2) is 4.99 Å². The molecule has 0 spiro atoms. The lowest BCUT2D eigenvalue weighted by molar-refractivity contribution is 1.21. The van der Waals surface area contributed by atoms with Crippen molar-refractivity contribution in [3.05, 3.63) is 60.2 Å². The molecule has 0 bridgehead atoms. The molecule has 0 saturated heterocycles. The van der Waals surface area contributed by atoms with E-state index in [4.69, 9.17) is 11.6 Å². The number of hydrogen-bond donors (Lipinski definition) is 2. The highest BCUT2D eigenvalue weighted by atomic mass is 15.2. The van der Waals surface area contributed by atoms with Crippen molar-refractivity contribution in [3.8, 4) is 0 Å². The fourth-order valence-electron chi connectivity index (χ4n) is 2.35. The van der Waals surface area contributed by atoms with Gasteiger partial charge < -0.3 is 11.6 Å². The topological polar surface area (TPSA) is 76.8 Å². The van der Waals surface area contributed by atoms with Gasteiger partial charge >= 0.3 is 0 Å². The van der Waals surface area contributed by atoms with Crippen molar-refractivity contribution in [3.63, 3.8) is 0 Å². The summed E-state index contributed by atoms with van der Waals surface area (Å²) in [4.78, 5) is 4.09. The molecule has 0 unspecified atom stereocenters. The van der Waals surface area contributed by atoms with Gasteiger partial charge in [-0.05, 0) is 27.6 Å². The molecular formula is C16H14N4. The second-order valence-electron chi connectivity index (χ2n) is 4.48. The zero-order valence-electron chi connectivity index (χ0n) is 10.8. The molecule has 20 heavy (non-hydrogen) atoms. The van der Waals surface area contributed by atoms with E-state index in [1.165, 1.54) is 0 Å². The number of rotatable bonds is 1. The number of benzene rings is 3. The van der Waals surface area contributed by atoms with Gasteiger partial charge in [0, 0.05) is 11.8 Å². The Labute approximate surface area is 116 Å². The molecule has 0 atom stereocenters. The highest BCUT2D eigenvalue weighted by molar-refractivity contribution is 6.14. The van der Waals surface area contributed by atoms with Crippen LogP contribution in [0.3, 0.4) is 0 Å². The standard InChI is InChI=1S/C16H14N4/c17-16(20-18)19-10-15-13-7-3-1-5-11(13)9-12-6-2-4-8-14(12)15/h1-10H,18H2,(H2,17,20). The van der Waals surface area contributed by atoms with Crippen molar-refractivity contribution in [1.29, 1.82) is 0 Å². The number of fused-ring (bicyclic) bond motifs is 2. The fourth-order valence-corrected chi connectivity index (χ4v) is 2.35. The van der Waals surface area contributed by atoms with Gasteiger partial charge in [0.2, 0.25) is 5.96 Å². The van der Waals surface area contributed by atoms with Gasteiger partial charge in [0.1, 0.15) is 0 Å². The summed E-state index contributed by atoms with van der Waals surface area (Å²) in [5.41, 5.74) is 6.55. The molecular weight excluding hydrogens is 248 g/mol. The van der Waals surface area contributed by atoms with E-state index in [1.807, 2.05) is 24.3 Å². The van der Waals surface area contributed by atoms with E-state index in [0.717, 1.165) is 27.1 Å². The SMILES string of the molecule is N/N=C(\N)N=Cc1c2ccccc2cc2ccccc12. The van der Waals surface area contributed by atoms with Crippen molar-refractivity contribution in [2.45, 2.75) is 0 Å². The van der Waals surface area contributed by atoms with Gasteiger partial charge in [-0.1, -0.05) is 48.5 Å². The zero-order valence-corrected chi connectivity index (χ0v) is 10.8. The molecule has 0 aromatic heterocycles. The Morgan fingerprint density at radius 2 is 1.45 bits per heavy atom. The molecule has 4 heteroatoms. The third-order valence-electron chi connectivity index (χ3n) is 3.27. The monoisotopic (exact) mass is 262 g/mol. The van der Waals surface area contributed by atoms with Gasteiger partial charge in [-0.15, -0.1) is 5.10 Å². The van der Waals surface area contributed by atoms with Crippen LogP contribution in [0.1, 0.15) is 5.56 Å². The highest BCUT2D eigenvalue weighted by Crippen LogP contribution is 2.27. The minimum atomic E-state index is 0.0574. The van der Waals surface area contributed by atoms with E-state index in [9.17, 15) is 0 Å². The molecule has 0 radical (unpaired) electrons. The maximum absolute atomic E-state index is 5.54. The third-order valence-corrected chi connectivity index (χ3v) is 3.27. The maximum atomic E-state index is 5.54. The van der Waals surface area contributed by atoms with Gasteiger partial charge in [-0.2, -0.15) is 0 Å². The molecule has 0 fully saturated rings. The van der Waals surface area contributed by atoms with Crippen LogP contribution in [-0.2, 0) is 0 Å². The predicted octanol–water partition coefficient (Wildman–Crippen LogP) is 2.60. The summed E-state index contributed by atoms with van der Waals surface area (Å²) in [7, 11) is 0. The lowest BCUT2D eigenvalue weighted by Crippen LogP contribution is -2.11. The molecule has 3 rings (SSSR count). The fraction of sp³-hybridized carbons (Fsp3) is 0. The van der Waals surface area contributed by atoms with E-state index in [-0.39, 0.29) is 5.96 Å². The normalized spacial score (nSPS) is 12.5. The molecule has 0 aliphatic carbocycles. The molecule has 0 heterocycles.